The Balaban J connectivity index is 2.45. The molecular formula is C4H10O. The van der Waals surface area contributed by atoms with Gasteiger partial charge in [0.2, 0.25) is 0 Å². The molecule has 0 rings (SSSR count). The van der Waals surface area contributed by atoms with Gasteiger partial charge < -0.3 is 4.74 Å². The highest BCUT2D eigenvalue weighted by molar-refractivity contribution is 4.07. The lowest BCUT2D eigenvalue weighted by Gasteiger charge is -1.86. The zero-order chi connectivity index (χ0) is 5.54. The van der Waals surface area contributed by atoms with E-state index in [9.17, 15) is 0 Å². The van der Waals surface area contributed by atoms with E-state index in [1.54, 1.807) is 0 Å². The zero-order valence-corrected chi connectivity index (χ0v) is 3.24. The monoisotopic (exact) mass is 76.1 g/mol. The molecule has 0 heterocycles. The first-order chi connectivity index (χ1) is 3.41. The predicted molar refractivity (Wildman–Crippen MR) is 22.2 cm³/mol. The van der Waals surface area contributed by atoms with E-state index in [1.807, 2.05) is 0 Å². The molecule has 0 aliphatic heterocycles. The topological polar surface area (TPSA) is 9.23 Å². The molecule has 0 unspecified atom stereocenters. The van der Waals surface area contributed by atoms with Crippen molar-refractivity contribution in [1.82, 2.24) is 0 Å². The van der Waals surface area contributed by atoms with Gasteiger partial charge in [0.1, 0.15) is 0 Å². The lowest BCUT2D eigenvalue weighted by Crippen LogP contribution is -1.84. The molecule has 0 aromatic rings. The van der Waals surface area contributed by atoms with Crippen molar-refractivity contribution in [2.24, 2.45) is 0 Å². The van der Waals surface area contributed by atoms with Crippen LogP contribution in [0.1, 0.15) is 16.5 Å². The van der Waals surface area contributed by atoms with Gasteiger partial charge in [-0.15, -0.1) is 0 Å². The molecule has 0 spiro atoms. The molecule has 0 aliphatic carbocycles. The number of rotatable bonds is 2. The van der Waals surface area contributed by atoms with Gasteiger partial charge in [-0.3, -0.25) is 0 Å². The van der Waals surface area contributed by atoms with E-state index in [0.717, 1.165) is 0 Å². The third-order valence-corrected chi connectivity index (χ3v) is 0.289. The van der Waals surface area contributed by atoms with Crippen molar-refractivity contribution in [3.05, 3.63) is 0 Å². The van der Waals surface area contributed by atoms with E-state index in [1.165, 1.54) is 0 Å². The van der Waals surface area contributed by atoms with Gasteiger partial charge in [0.15, 0.2) is 0 Å². The average Bonchev–Trinajstić information content (AvgIpc) is 1.69. The molecule has 0 bridgehead atoms. The molecule has 0 amide bonds. The Labute approximate surface area is 35.8 Å². The summed E-state index contributed by atoms with van der Waals surface area (Å²) < 4.78 is 17.9. The van der Waals surface area contributed by atoms with Crippen LogP contribution in [0.15, 0.2) is 0 Å². The summed E-state index contributed by atoms with van der Waals surface area (Å²) in [5, 5.41) is 0. The summed E-state index contributed by atoms with van der Waals surface area (Å²) in [5.74, 6) is 0. The second-order valence-corrected chi connectivity index (χ2v) is 0.612. The van der Waals surface area contributed by atoms with Crippen molar-refractivity contribution in [2.75, 3.05) is 13.2 Å². The summed E-state index contributed by atoms with van der Waals surface area (Å²) >= 11 is 0. The number of ether oxygens (including phenoxy) is 1. The number of hydrogen-bond acceptors (Lipinski definition) is 1. The van der Waals surface area contributed by atoms with Crippen molar-refractivity contribution in [2.45, 2.75) is 13.8 Å². The maximum atomic E-state index is 6.59. The van der Waals surface area contributed by atoms with Gasteiger partial charge in [0.05, 0.1) is 0 Å². The van der Waals surface area contributed by atoms with E-state index in [-0.39, 0.29) is 0 Å². The first kappa shape index (κ1) is 2.19. The van der Waals surface area contributed by atoms with E-state index in [2.05, 4.69) is 0 Å². The van der Waals surface area contributed by atoms with Crippen LogP contribution in [-0.4, -0.2) is 13.2 Å². The summed E-state index contributed by atoms with van der Waals surface area (Å²) in [7, 11) is 0. The molecule has 0 aromatic carbocycles. The molecule has 0 atom stereocenters. The van der Waals surface area contributed by atoms with E-state index in [0.29, 0.717) is 27.0 Å². The van der Waals surface area contributed by atoms with Crippen LogP contribution in [-0.2, 0) is 4.74 Å². The summed E-state index contributed by atoms with van der Waals surface area (Å²) in [6.45, 7) is 1.55. The fourth-order valence-corrected chi connectivity index (χ4v) is 0.102. The maximum Gasteiger partial charge on any atom is 0.0437 e. The zero-order valence-electron chi connectivity index (χ0n) is 5.24. The molecule has 0 aromatic heterocycles. The minimum Gasteiger partial charge on any atom is -0.382 e. The molecule has 1 nitrogen and oxygen atoms in total. The lowest BCUT2D eigenvalue weighted by molar-refractivity contribution is 0.162. The third kappa shape index (κ3) is 3.96. The lowest BCUT2D eigenvalue weighted by atomic mass is 10.8. The van der Waals surface area contributed by atoms with Crippen molar-refractivity contribution in [1.29, 1.82) is 0 Å². The Morgan fingerprint density at radius 2 is 2.20 bits per heavy atom. The molecule has 1 heteroatoms. The molecule has 0 radical (unpaired) electrons. The van der Waals surface area contributed by atoms with Crippen LogP contribution in [0.5, 0.6) is 0 Å². The van der Waals surface area contributed by atoms with Crippen LogP contribution >= 0.6 is 0 Å². The third-order valence-electron chi connectivity index (χ3n) is 0.289. The standard InChI is InChI=1S/C4H10O/c1-3-5-4-2/h3-4H2,1-2H3/i1D,2D. The second kappa shape index (κ2) is 3.96. The number of hydrogen-bond donors (Lipinski definition) is 0. The van der Waals surface area contributed by atoms with Gasteiger partial charge in [0.25, 0.3) is 0 Å². The SMILES string of the molecule is [2H]CCOCC[2H]. The van der Waals surface area contributed by atoms with Crippen LogP contribution in [0.4, 0.5) is 0 Å². The van der Waals surface area contributed by atoms with E-state index >= 15 is 0 Å². The minimum atomic E-state index is 0.306. The molecule has 0 fully saturated rings. The van der Waals surface area contributed by atoms with Gasteiger partial charge >= 0.3 is 0 Å². The summed E-state index contributed by atoms with van der Waals surface area (Å²) in [4.78, 5) is 0. The van der Waals surface area contributed by atoms with Crippen LogP contribution in [0.3, 0.4) is 0 Å². The maximum absolute atomic E-state index is 6.59. The molecule has 32 valence electrons. The minimum absolute atomic E-state index is 0.306. The molecule has 0 saturated heterocycles. The summed E-state index contributed by atoms with van der Waals surface area (Å²) in [6.07, 6.45) is 0. The van der Waals surface area contributed by atoms with Crippen molar-refractivity contribution in [3.63, 3.8) is 0 Å². The summed E-state index contributed by atoms with van der Waals surface area (Å²) in [5.41, 5.74) is 0. The van der Waals surface area contributed by atoms with Crippen molar-refractivity contribution >= 4 is 0 Å². The first-order valence-corrected chi connectivity index (χ1v) is 1.58. The van der Waals surface area contributed by atoms with Gasteiger partial charge in [0, 0.05) is 16.0 Å². The highest BCUT2D eigenvalue weighted by Crippen LogP contribution is 1.64. The predicted octanol–water partition coefficient (Wildman–Crippen LogP) is 1.04. The van der Waals surface area contributed by atoms with Gasteiger partial charge in [-0.2, -0.15) is 0 Å². The summed E-state index contributed by atoms with van der Waals surface area (Å²) in [6, 6.07) is 0. The Hall–Kier alpha value is -0.0400. The Morgan fingerprint density at radius 3 is 2.60 bits per heavy atom. The van der Waals surface area contributed by atoms with Crippen LogP contribution in [0.2, 0.25) is 0 Å². The quantitative estimate of drug-likeness (QED) is 0.446. The highest BCUT2D eigenvalue weighted by atomic mass is 16.5. The fraction of sp³-hybridized carbons (Fsp3) is 1.00. The second-order valence-electron chi connectivity index (χ2n) is 0.612. The Morgan fingerprint density at radius 1 is 1.60 bits per heavy atom. The largest absolute Gasteiger partial charge is 0.382 e. The molecule has 0 saturated carbocycles. The van der Waals surface area contributed by atoms with Crippen molar-refractivity contribution in [3.8, 4) is 0 Å². The smallest absolute Gasteiger partial charge is 0.0437 e. The molecule has 0 aliphatic rings. The fourth-order valence-electron chi connectivity index (χ4n) is 0.102. The van der Waals surface area contributed by atoms with Crippen LogP contribution in [0.25, 0.3) is 0 Å². The highest BCUT2D eigenvalue weighted by Gasteiger charge is 1.64. The van der Waals surface area contributed by atoms with E-state index < -0.39 is 0 Å². The van der Waals surface area contributed by atoms with E-state index in [4.69, 9.17) is 7.48 Å². The first-order valence-electron chi connectivity index (χ1n) is 2.99. The van der Waals surface area contributed by atoms with Crippen molar-refractivity contribution < 1.29 is 7.48 Å². The van der Waals surface area contributed by atoms with Gasteiger partial charge in [-0.25, -0.2) is 0 Å². The molecule has 5 heavy (non-hydrogen) atoms. The van der Waals surface area contributed by atoms with Gasteiger partial charge in [-0.1, -0.05) is 0 Å². The Kier molecular flexibility index (Phi) is 1.73. The average molecular weight is 76.1 g/mol. The molecular weight excluding hydrogens is 64.0 g/mol. The normalized spacial score (nSPS) is 13.6. The Bertz CT molecular complexity index is 28.9. The van der Waals surface area contributed by atoms with Crippen LogP contribution < -0.4 is 0 Å². The molecule has 0 N–H and O–H groups in total. The van der Waals surface area contributed by atoms with Crippen LogP contribution in [0, 0.1) is 0 Å². The van der Waals surface area contributed by atoms with Gasteiger partial charge in [-0.05, 0) is 13.8 Å².